The first kappa shape index (κ1) is 18.8. The molecular formula is C22H28O5. The van der Waals surface area contributed by atoms with Crippen LogP contribution in [-0.2, 0) is 9.59 Å². The maximum Gasteiger partial charge on any atom is 0.190 e. The molecule has 0 unspecified atom stereocenters. The summed E-state index contributed by atoms with van der Waals surface area (Å²) in [5.41, 5.74) is -1.05. The lowest BCUT2D eigenvalue weighted by molar-refractivity contribution is -0.176. The molecule has 0 aromatic rings. The van der Waals surface area contributed by atoms with Gasteiger partial charge >= 0.3 is 0 Å². The first-order chi connectivity index (χ1) is 12.6. The van der Waals surface area contributed by atoms with Gasteiger partial charge in [-0.15, -0.1) is 0 Å². The molecule has 7 atom stereocenters. The number of carbonyl (C=O) groups excluding carboxylic acids is 2. The van der Waals surface area contributed by atoms with Crippen LogP contribution >= 0.6 is 0 Å². The first-order valence-corrected chi connectivity index (χ1v) is 9.76. The second-order valence-corrected chi connectivity index (χ2v) is 9.35. The Morgan fingerprint density at radius 1 is 1.37 bits per heavy atom. The fourth-order valence-corrected chi connectivity index (χ4v) is 6.94. The van der Waals surface area contributed by atoms with Crippen LogP contribution in [0.3, 0.4) is 0 Å². The van der Waals surface area contributed by atoms with Crippen LogP contribution in [0.1, 0.15) is 39.5 Å². The highest BCUT2D eigenvalue weighted by Gasteiger charge is 2.68. The minimum absolute atomic E-state index is 0.0487. The first-order valence-electron chi connectivity index (χ1n) is 9.76. The molecule has 3 N–H and O–H groups in total. The monoisotopic (exact) mass is 372 g/mol. The normalized spacial score (nSPS) is 48.6. The van der Waals surface area contributed by atoms with Crippen molar-refractivity contribution in [1.29, 1.82) is 0 Å². The predicted molar refractivity (Wildman–Crippen MR) is 99.6 cm³/mol. The van der Waals surface area contributed by atoms with Crippen LogP contribution in [-0.4, -0.2) is 45.2 Å². The van der Waals surface area contributed by atoms with Gasteiger partial charge in [0.15, 0.2) is 11.6 Å². The minimum Gasteiger partial charge on any atom is -0.393 e. The Morgan fingerprint density at radius 2 is 2.07 bits per heavy atom. The molecule has 3 fully saturated rings. The fourth-order valence-electron chi connectivity index (χ4n) is 6.94. The lowest BCUT2D eigenvalue weighted by Gasteiger charge is -2.59. The molecule has 4 aliphatic carbocycles. The van der Waals surface area contributed by atoms with Gasteiger partial charge < -0.3 is 15.3 Å². The summed E-state index contributed by atoms with van der Waals surface area (Å²) >= 11 is 0. The Morgan fingerprint density at radius 3 is 2.74 bits per heavy atom. The molecule has 0 aromatic heterocycles. The Kier molecular flexibility index (Phi) is 3.98. The summed E-state index contributed by atoms with van der Waals surface area (Å²) in [6.07, 6.45) is 6.33. The topological polar surface area (TPSA) is 94.8 Å². The highest BCUT2D eigenvalue weighted by Crippen LogP contribution is 2.67. The van der Waals surface area contributed by atoms with Crippen molar-refractivity contribution >= 4 is 11.6 Å². The van der Waals surface area contributed by atoms with Crippen LogP contribution in [0.15, 0.2) is 36.0 Å². The van der Waals surface area contributed by atoms with E-state index in [-0.39, 0.29) is 23.5 Å². The predicted octanol–water partition coefficient (Wildman–Crippen LogP) is 1.72. The highest BCUT2D eigenvalue weighted by molar-refractivity contribution is 6.02. The van der Waals surface area contributed by atoms with Crippen molar-refractivity contribution in [2.75, 3.05) is 6.61 Å². The Balaban J connectivity index is 1.79. The molecule has 4 rings (SSSR count). The molecule has 5 heteroatoms. The van der Waals surface area contributed by atoms with Gasteiger partial charge in [-0.25, -0.2) is 0 Å². The summed E-state index contributed by atoms with van der Waals surface area (Å²) in [4.78, 5) is 24.3. The van der Waals surface area contributed by atoms with Gasteiger partial charge in [0.2, 0.25) is 0 Å². The van der Waals surface area contributed by atoms with Crippen molar-refractivity contribution in [2.45, 2.75) is 51.2 Å². The number of fused-ring (bicyclic) bond motifs is 5. The van der Waals surface area contributed by atoms with E-state index in [0.717, 1.165) is 11.1 Å². The zero-order valence-corrected chi connectivity index (χ0v) is 15.9. The summed E-state index contributed by atoms with van der Waals surface area (Å²) < 4.78 is 0. The van der Waals surface area contributed by atoms with Gasteiger partial charge in [-0.1, -0.05) is 32.1 Å². The van der Waals surface area contributed by atoms with Gasteiger partial charge in [0.1, 0.15) is 12.2 Å². The van der Waals surface area contributed by atoms with Crippen LogP contribution < -0.4 is 0 Å². The molecule has 0 radical (unpaired) electrons. The summed E-state index contributed by atoms with van der Waals surface area (Å²) in [6.45, 7) is 7.46. The van der Waals surface area contributed by atoms with E-state index < -0.39 is 34.9 Å². The lowest BCUT2D eigenvalue weighted by Crippen LogP contribution is -2.61. The number of hydrogen-bond acceptors (Lipinski definition) is 5. The van der Waals surface area contributed by atoms with Crippen LogP contribution in [0.4, 0.5) is 0 Å². The van der Waals surface area contributed by atoms with Crippen molar-refractivity contribution in [3.05, 3.63) is 36.0 Å². The van der Waals surface area contributed by atoms with Crippen molar-refractivity contribution in [1.82, 2.24) is 0 Å². The van der Waals surface area contributed by atoms with Gasteiger partial charge in [-0.05, 0) is 55.2 Å². The minimum atomic E-state index is -1.60. The molecule has 5 nitrogen and oxygen atoms in total. The molecule has 4 aliphatic rings. The van der Waals surface area contributed by atoms with Crippen LogP contribution in [0.2, 0.25) is 0 Å². The second-order valence-electron chi connectivity index (χ2n) is 9.35. The van der Waals surface area contributed by atoms with E-state index in [1.807, 2.05) is 13.0 Å². The molecule has 146 valence electrons. The quantitative estimate of drug-likeness (QED) is 0.686. The highest BCUT2D eigenvalue weighted by atomic mass is 16.3. The molecule has 0 amide bonds. The van der Waals surface area contributed by atoms with Gasteiger partial charge in [0.25, 0.3) is 0 Å². The number of carbonyl (C=O) groups is 2. The lowest BCUT2D eigenvalue weighted by atomic mass is 9.45. The summed E-state index contributed by atoms with van der Waals surface area (Å²) in [5.74, 6) is -0.591. The maximum absolute atomic E-state index is 12.4. The summed E-state index contributed by atoms with van der Waals surface area (Å²) in [5, 5.41) is 31.8. The zero-order chi connectivity index (χ0) is 19.8. The number of ketones is 2. The number of Topliss-reactive ketones (excluding diaryl/α,β-unsaturated/α-hetero) is 1. The average Bonchev–Trinajstić information content (AvgIpc) is 2.87. The smallest absolute Gasteiger partial charge is 0.190 e. The van der Waals surface area contributed by atoms with E-state index in [2.05, 4.69) is 13.5 Å². The fraction of sp³-hybridized carbons (Fsp3) is 0.636. The number of aliphatic hydroxyl groups excluding tert-OH is 2. The molecule has 0 aliphatic heterocycles. The van der Waals surface area contributed by atoms with Crippen LogP contribution in [0.25, 0.3) is 0 Å². The molecule has 0 aromatic carbocycles. The van der Waals surface area contributed by atoms with Crippen molar-refractivity contribution in [3.63, 3.8) is 0 Å². The number of hydrogen-bond donors (Lipinski definition) is 3. The van der Waals surface area contributed by atoms with E-state index in [9.17, 15) is 24.9 Å². The van der Waals surface area contributed by atoms with Gasteiger partial charge in [-0.3, -0.25) is 9.59 Å². The molecule has 3 saturated carbocycles. The summed E-state index contributed by atoms with van der Waals surface area (Å²) in [7, 11) is 0. The van der Waals surface area contributed by atoms with E-state index in [1.165, 1.54) is 0 Å². The largest absolute Gasteiger partial charge is 0.393 e. The zero-order valence-electron chi connectivity index (χ0n) is 15.9. The molecule has 27 heavy (non-hydrogen) atoms. The third-order valence-electron chi connectivity index (χ3n) is 8.23. The standard InChI is InChI=1S/C22H28O5/c1-12-8-14-15-5-7-22(27,18(26)11-23)21(15,3)10-17(25)19(14)20(2)6-4-13(24)9-16(12)20/h4,6,9,14-15,17,19,23,25,27H,1,5,7-8,10-11H2,2-3H3/t14-,15-,17-,19+,20-,21-,22-/m0/s1. The third-order valence-corrected chi connectivity index (χ3v) is 8.23. The van der Waals surface area contributed by atoms with Crippen molar-refractivity contribution in [2.24, 2.45) is 28.6 Å². The summed E-state index contributed by atoms with van der Waals surface area (Å²) in [6, 6.07) is 0. The van der Waals surface area contributed by atoms with Gasteiger partial charge in [-0.2, -0.15) is 0 Å². The maximum atomic E-state index is 12.4. The Labute approximate surface area is 159 Å². The molecular weight excluding hydrogens is 344 g/mol. The number of allylic oxidation sites excluding steroid dienone is 5. The second kappa shape index (κ2) is 5.72. The van der Waals surface area contributed by atoms with Crippen molar-refractivity contribution in [3.8, 4) is 0 Å². The molecule has 0 saturated heterocycles. The Bertz CT molecular complexity index is 795. The SMILES string of the molecule is C=C1C[C@@H]2[C@H]([C@@H](O)C[C@@]3(C)[C@H]2CC[C@]3(O)C(=O)CO)[C@@]2(C)C=CC(=O)C=C12. The van der Waals surface area contributed by atoms with Gasteiger partial charge in [0, 0.05) is 16.7 Å². The van der Waals surface area contributed by atoms with E-state index in [4.69, 9.17) is 0 Å². The Hall–Kier alpha value is -1.56. The van der Waals surface area contributed by atoms with E-state index in [1.54, 1.807) is 12.2 Å². The third kappa shape index (κ3) is 2.22. The number of rotatable bonds is 2. The number of aliphatic hydroxyl groups is 3. The average molecular weight is 372 g/mol. The van der Waals surface area contributed by atoms with Crippen LogP contribution in [0, 0.1) is 28.6 Å². The van der Waals surface area contributed by atoms with Crippen LogP contribution in [0.5, 0.6) is 0 Å². The molecule has 0 heterocycles. The van der Waals surface area contributed by atoms with E-state index >= 15 is 0 Å². The van der Waals surface area contributed by atoms with Gasteiger partial charge in [0.05, 0.1) is 6.10 Å². The molecule has 0 spiro atoms. The van der Waals surface area contributed by atoms with Crippen molar-refractivity contribution < 1.29 is 24.9 Å². The van der Waals surface area contributed by atoms with E-state index in [0.29, 0.717) is 25.7 Å². The molecule has 0 bridgehead atoms.